The molecule has 1 heteroatoms. The molecule has 0 aliphatic heterocycles. The van der Waals surface area contributed by atoms with Gasteiger partial charge < -0.3 is 5.32 Å². The van der Waals surface area contributed by atoms with Gasteiger partial charge in [0.1, 0.15) is 0 Å². The summed E-state index contributed by atoms with van der Waals surface area (Å²) < 4.78 is 0. The summed E-state index contributed by atoms with van der Waals surface area (Å²) in [6, 6.07) is 0.490. The maximum absolute atomic E-state index is 3.55. The van der Waals surface area contributed by atoms with Gasteiger partial charge in [-0.15, -0.1) is 0 Å². The fourth-order valence-electron chi connectivity index (χ4n) is 4.40. The first-order valence-corrected chi connectivity index (χ1v) is 11.1. The van der Waals surface area contributed by atoms with Gasteiger partial charge in [-0.25, -0.2) is 0 Å². The summed E-state index contributed by atoms with van der Waals surface area (Å²) in [5.41, 5.74) is 17.3. The zero-order valence-electron chi connectivity index (χ0n) is 21.7. The van der Waals surface area contributed by atoms with Gasteiger partial charge in [-0.3, -0.25) is 0 Å². The Kier molecular flexibility index (Phi) is 8.57. The minimum Gasteiger partial charge on any atom is -0.382 e. The van der Waals surface area contributed by atoms with Crippen LogP contribution in [0.15, 0.2) is 0 Å². The highest BCUT2D eigenvalue weighted by atomic mass is 14.9. The van der Waals surface area contributed by atoms with Gasteiger partial charge in [-0.05, 0) is 150 Å². The standard InChI is InChI=1S/C14H23N.C14H22/c1-8(2)15-14-12(6)10(4)9(3)11(5)13(14)7;1-8(2)14-12(6)10(4)9(3)11(5)13(14)7/h8,15H,1-7H3;8H,1-7H3. The molecule has 0 saturated heterocycles. The summed E-state index contributed by atoms with van der Waals surface area (Å²) >= 11 is 0. The summed E-state index contributed by atoms with van der Waals surface area (Å²) in [4.78, 5) is 0. The predicted molar refractivity (Wildman–Crippen MR) is 133 cm³/mol. The second-order valence-electron chi connectivity index (χ2n) is 9.49. The number of anilines is 1. The van der Waals surface area contributed by atoms with Crippen molar-refractivity contribution < 1.29 is 0 Å². The molecule has 162 valence electrons. The van der Waals surface area contributed by atoms with Gasteiger partial charge in [0.15, 0.2) is 0 Å². The number of hydrogen-bond donors (Lipinski definition) is 1. The van der Waals surface area contributed by atoms with Gasteiger partial charge in [0, 0.05) is 11.7 Å². The molecule has 0 aliphatic carbocycles. The van der Waals surface area contributed by atoms with E-state index in [-0.39, 0.29) is 0 Å². The smallest absolute Gasteiger partial charge is 0.0407 e. The third-order valence-electron chi connectivity index (χ3n) is 7.07. The Morgan fingerprint density at radius 2 is 0.690 bits per heavy atom. The Hall–Kier alpha value is -1.76. The molecule has 0 aromatic heterocycles. The molecule has 0 heterocycles. The van der Waals surface area contributed by atoms with E-state index in [0.717, 1.165) is 0 Å². The van der Waals surface area contributed by atoms with Crippen molar-refractivity contribution in [2.45, 2.75) is 109 Å². The van der Waals surface area contributed by atoms with Crippen molar-refractivity contribution in [2.24, 2.45) is 0 Å². The van der Waals surface area contributed by atoms with E-state index in [0.29, 0.717) is 12.0 Å². The third kappa shape index (κ3) is 5.24. The average molecular weight is 396 g/mol. The van der Waals surface area contributed by atoms with Crippen molar-refractivity contribution in [2.75, 3.05) is 5.32 Å². The van der Waals surface area contributed by atoms with E-state index in [4.69, 9.17) is 0 Å². The Labute approximate surface area is 181 Å². The topological polar surface area (TPSA) is 12.0 Å². The molecule has 0 aliphatic rings. The molecule has 0 amide bonds. The second kappa shape index (κ2) is 9.83. The summed E-state index contributed by atoms with van der Waals surface area (Å²) in [5.74, 6) is 0.632. The van der Waals surface area contributed by atoms with Crippen LogP contribution in [0, 0.1) is 69.2 Å². The van der Waals surface area contributed by atoms with E-state index in [1.54, 1.807) is 5.56 Å². The summed E-state index contributed by atoms with van der Waals surface area (Å²) in [6.45, 7) is 31.2. The zero-order valence-corrected chi connectivity index (χ0v) is 21.7. The molecule has 1 N–H and O–H groups in total. The molecule has 0 bridgehead atoms. The maximum Gasteiger partial charge on any atom is 0.0407 e. The van der Waals surface area contributed by atoms with Crippen LogP contribution in [-0.4, -0.2) is 6.04 Å². The lowest BCUT2D eigenvalue weighted by molar-refractivity contribution is 0.837. The molecule has 0 saturated carbocycles. The molecule has 29 heavy (non-hydrogen) atoms. The average Bonchev–Trinajstić information content (AvgIpc) is 2.65. The molecular formula is C28H45N. The molecule has 2 aromatic carbocycles. The summed E-state index contributed by atoms with van der Waals surface area (Å²) in [6.07, 6.45) is 0. The highest BCUT2D eigenvalue weighted by Crippen LogP contribution is 2.31. The first-order valence-electron chi connectivity index (χ1n) is 11.1. The Balaban J connectivity index is 0.000000291. The van der Waals surface area contributed by atoms with Gasteiger partial charge >= 0.3 is 0 Å². The summed E-state index contributed by atoms with van der Waals surface area (Å²) in [7, 11) is 0. The fraction of sp³-hybridized carbons (Fsp3) is 0.571. The van der Waals surface area contributed by atoms with Crippen molar-refractivity contribution in [3.05, 3.63) is 61.2 Å². The van der Waals surface area contributed by atoms with Crippen molar-refractivity contribution in [3.63, 3.8) is 0 Å². The quantitative estimate of drug-likeness (QED) is 0.550. The second-order valence-corrected chi connectivity index (χ2v) is 9.49. The lowest BCUT2D eigenvalue weighted by Gasteiger charge is -2.21. The van der Waals surface area contributed by atoms with Gasteiger partial charge in [0.05, 0.1) is 0 Å². The van der Waals surface area contributed by atoms with Crippen LogP contribution in [0.1, 0.15) is 94.8 Å². The van der Waals surface area contributed by atoms with Crippen LogP contribution in [0.4, 0.5) is 5.69 Å². The lowest BCUT2D eigenvalue weighted by atomic mass is 9.85. The highest BCUT2D eigenvalue weighted by Gasteiger charge is 2.14. The van der Waals surface area contributed by atoms with E-state index in [1.165, 1.54) is 61.3 Å². The molecule has 1 nitrogen and oxygen atoms in total. The lowest BCUT2D eigenvalue weighted by Crippen LogP contribution is -2.13. The fourth-order valence-corrected chi connectivity index (χ4v) is 4.40. The van der Waals surface area contributed by atoms with Crippen LogP contribution in [0.2, 0.25) is 0 Å². The van der Waals surface area contributed by atoms with Gasteiger partial charge in [0.2, 0.25) is 0 Å². The first-order chi connectivity index (χ1) is 13.2. The Morgan fingerprint density at radius 3 is 0.966 bits per heavy atom. The minimum atomic E-state index is 0.490. The van der Waals surface area contributed by atoms with Crippen LogP contribution in [0.25, 0.3) is 0 Å². The van der Waals surface area contributed by atoms with Crippen LogP contribution < -0.4 is 5.32 Å². The monoisotopic (exact) mass is 395 g/mol. The van der Waals surface area contributed by atoms with Gasteiger partial charge in [-0.1, -0.05) is 13.8 Å². The van der Waals surface area contributed by atoms with Crippen molar-refractivity contribution in [3.8, 4) is 0 Å². The molecule has 2 rings (SSSR count). The van der Waals surface area contributed by atoms with E-state index < -0.39 is 0 Å². The predicted octanol–water partition coefficient (Wildman–Crippen LogP) is 8.40. The molecule has 2 aromatic rings. The first kappa shape index (κ1) is 25.3. The van der Waals surface area contributed by atoms with Crippen LogP contribution in [0.5, 0.6) is 0 Å². The molecule has 0 unspecified atom stereocenters. The largest absolute Gasteiger partial charge is 0.382 e. The third-order valence-corrected chi connectivity index (χ3v) is 7.07. The van der Waals surface area contributed by atoms with Crippen molar-refractivity contribution in [1.82, 2.24) is 0 Å². The van der Waals surface area contributed by atoms with Crippen LogP contribution in [0.3, 0.4) is 0 Å². The Morgan fingerprint density at radius 1 is 0.414 bits per heavy atom. The van der Waals surface area contributed by atoms with Gasteiger partial charge in [-0.2, -0.15) is 0 Å². The maximum atomic E-state index is 3.55. The molecule has 0 fully saturated rings. The van der Waals surface area contributed by atoms with Crippen LogP contribution in [-0.2, 0) is 0 Å². The molecule has 0 atom stereocenters. The van der Waals surface area contributed by atoms with E-state index in [1.807, 2.05) is 0 Å². The molecule has 0 spiro atoms. The number of rotatable bonds is 3. The van der Waals surface area contributed by atoms with Crippen molar-refractivity contribution >= 4 is 5.69 Å². The van der Waals surface area contributed by atoms with E-state index >= 15 is 0 Å². The minimum absolute atomic E-state index is 0.490. The normalized spacial score (nSPS) is 11.0. The van der Waals surface area contributed by atoms with E-state index in [9.17, 15) is 0 Å². The van der Waals surface area contributed by atoms with Crippen molar-refractivity contribution in [1.29, 1.82) is 0 Å². The van der Waals surface area contributed by atoms with Crippen LogP contribution >= 0.6 is 0 Å². The highest BCUT2D eigenvalue weighted by molar-refractivity contribution is 5.64. The van der Waals surface area contributed by atoms with Gasteiger partial charge in [0.25, 0.3) is 0 Å². The van der Waals surface area contributed by atoms with E-state index in [2.05, 4.69) is 102 Å². The zero-order chi connectivity index (χ0) is 22.8. The summed E-state index contributed by atoms with van der Waals surface area (Å²) in [5, 5.41) is 3.55. The molecular weight excluding hydrogens is 350 g/mol. The number of hydrogen-bond acceptors (Lipinski definition) is 1. The molecule has 0 radical (unpaired) electrons. The SMILES string of the molecule is Cc1c(C)c(C)c(C(C)C)c(C)c1C.Cc1c(C)c(C)c(NC(C)C)c(C)c1C. The number of nitrogens with one attached hydrogen (secondary N) is 1. The Bertz CT molecular complexity index is 824. The number of benzene rings is 2.